The molecule has 1 fully saturated rings. The van der Waals surface area contributed by atoms with Crippen LogP contribution in [0.25, 0.3) is 11.1 Å². The number of nitrogens with zero attached hydrogens (tertiary/aromatic N) is 1. The highest BCUT2D eigenvalue weighted by molar-refractivity contribution is 7.92. The lowest BCUT2D eigenvalue weighted by Crippen LogP contribution is -2.43. The van der Waals surface area contributed by atoms with E-state index in [1.54, 1.807) is 4.90 Å². The number of amides is 1. The Kier molecular flexibility index (Phi) is 11.1. The molecule has 1 saturated heterocycles. The minimum absolute atomic E-state index is 0. The van der Waals surface area contributed by atoms with Gasteiger partial charge in [-0.15, -0.1) is 12.4 Å². The van der Waals surface area contributed by atoms with Crippen LogP contribution in [-0.2, 0) is 16.2 Å². The molecule has 15 heteroatoms. The molecule has 0 aromatic heterocycles. The lowest BCUT2D eigenvalue weighted by atomic mass is 10.0. The van der Waals surface area contributed by atoms with Crippen LogP contribution in [0, 0.1) is 0 Å². The standard InChI is InChI=1S/C29H30F5N3O5S.ClH/c1-43(40,41)36-24-17-22(9-11-25(24)38)35-27(39)20-6-10-23(19-4-7-21(8-5-19)29(32,33)34)26(16-20)42-15-3-14-37-13-2-12-28(30,31)18-37;/h4-11,16-17,36,38H,2-3,12-15,18H2,1H3,(H,35,39);1H. The van der Waals surface area contributed by atoms with Gasteiger partial charge in [0.25, 0.3) is 11.8 Å². The van der Waals surface area contributed by atoms with Crippen LogP contribution in [0.2, 0.25) is 0 Å². The summed E-state index contributed by atoms with van der Waals surface area (Å²) in [4.78, 5) is 14.7. The summed E-state index contributed by atoms with van der Waals surface area (Å²) in [6.07, 6.45) is -2.99. The van der Waals surface area contributed by atoms with Crippen molar-refractivity contribution >= 4 is 39.7 Å². The summed E-state index contributed by atoms with van der Waals surface area (Å²) < 4.78 is 98.0. The van der Waals surface area contributed by atoms with E-state index in [9.17, 15) is 40.3 Å². The van der Waals surface area contributed by atoms with Crippen molar-refractivity contribution in [3.05, 3.63) is 71.8 Å². The Hall–Kier alpha value is -3.62. The Morgan fingerprint density at radius 1 is 1.07 bits per heavy atom. The van der Waals surface area contributed by atoms with Crippen LogP contribution in [-0.4, -0.2) is 62.8 Å². The predicted molar refractivity (Wildman–Crippen MR) is 159 cm³/mol. The van der Waals surface area contributed by atoms with Crippen molar-refractivity contribution in [2.45, 2.75) is 31.4 Å². The second-order valence-electron chi connectivity index (χ2n) is 10.3. The van der Waals surface area contributed by atoms with Gasteiger partial charge < -0.3 is 15.2 Å². The number of hydrogen-bond donors (Lipinski definition) is 3. The molecule has 8 nitrogen and oxygen atoms in total. The van der Waals surface area contributed by atoms with E-state index >= 15 is 0 Å². The third-order valence-corrected chi connectivity index (χ3v) is 7.26. The van der Waals surface area contributed by atoms with Crippen LogP contribution in [0.4, 0.5) is 33.3 Å². The molecular weight excluding hydrogens is 633 g/mol. The number of hydrogen-bond acceptors (Lipinski definition) is 6. The van der Waals surface area contributed by atoms with Gasteiger partial charge in [-0.2, -0.15) is 13.2 Å². The van der Waals surface area contributed by atoms with E-state index in [1.807, 2.05) is 0 Å². The molecule has 3 aromatic carbocycles. The van der Waals surface area contributed by atoms with Crippen LogP contribution >= 0.6 is 12.4 Å². The van der Waals surface area contributed by atoms with Gasteiger partial charge in [0.15, 0.2) is 0 Å². The number of aromatic hydroxyl groups is 1. The Morgan fingerprint density at radius 3 is 2.41 bits per heavy atom. The third kappa shape index (κ3) is 9.69. The lowest BCUT2D eigenvalue weighted by Gasteiger charge is -2.32. The van der Waals surface area contributed by atoms with E-state index in [1.165, 1.54) is 48.5 Å². The highest BCUT2D eigenvalue weighted by Gasteiger charge is 2.34. The summed E-state index contributed by atoms with van der Waals surface area (Å²) in [5.41, 5.74) is 0.133. The van der Waals surface area contributed by atoms with Gasteiger partial charge in [0.2, 0.25) is 10.0 Å². The molecule has 0 saturated carbocycles. The van der Waals surface area contributed by atoms with E-state index in [0.29, 0.717) is 37.1 Å². The average Bonchev–Trinajstić information content (AvgIpc) is 2.91. The molecule has 1 aliphatic heterocycles. The second-order valence-corrected chi connectivity index (χ2v) is 12.0. The predicted octanol–water partition coefficient (Wildman–Crippen LogP) is 6.62. The summed E-state index contributed by atoms with van der Waals surface area (Å²) in [7, 11) is -3.71. The van der Waals surface area contributed by atoms with Crippen LogP contribution in [0.1, 0.15) is 35.2 Å². The average molecular weight is 664 g/mol. The maximum atomic E-state index is 13.7. The Labute approximate surface area is 257 Å². The van der Waals surface area contributed by atoms with Crippen molar-refractivity contribution in [3.8, 4) is 22.6 Å². The second kappa shape index (κ2) is 14.0. The lowest BCUT2D eigenvalue weighted by molar-refractivity contribution is -0.137. The van der Waals surface area contributed by atoms with Gasteiger partial charge in [-0.1, -0.05) is 12.1 Å². The highest BCUT2D eigenvalue weighted by Crippen LogP contribution is 2.35. The number of ether oxygens (including phenoxy) is 1. The number of carbonyl (C=O) groups excluding carboxylic acids is 1. The molecular formula is C29H31ClF5N3O5S. The van der Waals surface area contributed by atoms with E-state index in [0.717, 1.165) is 18.4 Å². The van der Waals surface area contributed by atoms with E-state index in [2.05, 4.69) is 10.0 Å². The first-order chi connectivity index (χ1) is 20.1. The minimum atomic E-state index is -4.52. The van der Waals surface area contributed by atoms with Crippen molar-refractivity contribution in [1.29, 1.82) is 0 Å². The van der Waals surface area contributed by atoms with Gasteiger partial charge in [-0.05, 0) is 73.5 Å². The monoisotopic (exact) mass is 663 g/mol. The minimum Gasteiger partial charge on any atom is -0.506 e. The van der Waals surface area contributed by atoms with Gasteiger partial charge in [-0.25, -0.2) is 17.2 Å². The number of piperidine rings is 1. The quantitative estimate of drug-likeness (QED) is 0.0974. The highest BCUT2D eigenvalue weighted by atomic mass is 35.5. The number of phenols is 1. The van der Waals surface area contributed by atoms with Crippen molar-refractivity contribution < 1.29 is 45.0 Å². The van der Waals surface area contributed by atoms with Gasteiger partial charge in [0, 0.05) is 29.8 Å². The molecule has 3 N–H and O–H groups in total. The summed E-state index contributed by atoms with van der Waals surface area (Å²) in [5.74, 6) is -3.51. The molecule has 240 valence electrons. The summed E-state index contributed by atoms with van der Waals surface area (Å²) in [5, 5.41) is 12.5. The number of rotatable bonds is 10. The fourth-order valence-electron chi connectivity index (χ4n) is 4.67. The first kappa shape index (κ1) is 34.9. The number of sulfonamides is 1. The molecule has 1 heterocycles. The van der Waals surface area contributed by atoms with Gasteiger partial charge >= 0.3 is 6.18 Å². The van der Waals surface area contributed by atoms with Crippen molar-refractivity contribution in [2.24, 2.45) is 0 Å². The number of alkyl halides is 5. The largest absolute Gasteiger partial charge is 0.506 e. The Bertz CT molecular complexity index is 1570. The van der Waals surface area contributed by atoms with E-state index in [-0.39, 0.29) is 60.4 Å². The Morgan fingerprint density at radius 2 is 1.77 bits per heavy atom. The molecule has 4 rings (SSSR count). The number of halogens is 6. The molecule has 0 aliphatic carbocycles. The maximum Gasteiger partial charge on any atom is 0.416 e. The number of benzene rings is 3. The fourth-order valence-corrected chi connectivity index (χ4v) is 5.23. The number of phenolic OH excluding ortho intramolecular Hbond substituents is 1. The number of anilines is 2. The first-order valence-corrected chi connectivity index (χ1v) is 15.2. The normalized spacial score (nSPS) is 15.2. The maximum absolute atomic E-state index is 13.7. The number of nitrogens with one attached hydrogen (secondary N) is 2. The molecule has 1 aliphatic rings. The molecule has 0 unspecified atom stereocenters. The van der Waals surface area contributed by atoms with Gasteiger partial charge in [-0.3, -0.25) is 14.4 Å². The van der Waals surface area contributed by atoms with Crippen LogP contribution in [0.15, 0.2) is 60.7 Å². The molecule has 0 spiro atoms. The van der Waals surface area contributed by atoms with Gasteiger partial charge in [0.05, 0.1) is 30.7 Å². The smallest absolute Gasteiger partial charge is 0.416 e. The van der Waals surface area contributed by atoms with Crippen LogP contribution < -0.4 is 14.8 Å². The van der Waals surface area contributed by atoms with Crippen LogP contribution in [0.5, 0.6) is 11.5 Å². The fraction of sp³-hybridized carbons (Fsp3) is 0.345. The topological polar surface area (TPSA) is 108 Å². The summed E-state index contributed by atoms with van der Waals surface area (Å²) in [6.45, 7) is 0.661. The summed E-state index contributed by atoms with van der Waals surface area (Å²) in [6, 6.07) is 12.6. The zero-order valence-electron chi connectivity index (χ0n) is 23.5. The Balaban J connectivity index is 0.00000529. The molecule has 3 aromatic rings. The van der Waals surface area contributed by atoms with E-state index in [4.69, 9.17) is 4.74 Å². The van der Waals surface area contributed by atoms with Crippen molar-refractivity contribution in [2.75, 3.05) is 42.5 Å². The van der Waals surface area contributed by atoms with Crippen LogP contribution in [0.3, 0.4) is 0 Å². The zero-order valence-corrected chi connectivity index (χ0v) is 25.1. The number of carbonyl (C=O) groups is 1. The molecule has 0 radical (unpaired) electrons. The molecule has 44 heavy (non-hydrogen) atoms. The zero-order chi connectivity index (χ0) is 31.4. The molecule has 0 bridgehead atoms. The van der Waals surface area contributed by atoms with E-state index < -0.39 is 33.6 Å². The first-order valence-electron chi connectivity index (χ1n) is 13.3. The summed E-state index contributed by atoms with van der Waals surface area (Å²) >= 11 is 0. The van der Waals surface area contributed by atoms with Gasteiger partial charge in [0.1, 0.15) is 11.5 Å². The molecule has 0 atom stereocenters. The third-order valence-electron chi connectivity index (χ3n) is 6.66. The number of likely N-dealkylation sites (tertiary alicyclic amines) is 1. The molecule has 1 amide bonds. The SMILES string of the molecule is CS(=O)(=O)Nc1cc(NC(=O)c2ccc(-c3ccc(C(F)(F)F)cc3)c(OCCCN3CCCC(F)(F)C3)c2)ccc1O.Cl. The van der Waals surface area contributed by atoms with Crippen molar-refractivity contribution in [3.63, 3.8) is 0 Å². The van der Waals surface area contributed by atoms with Crippen molar-refractivity contribution in [1.82, 2.24) is 4.90 Å².